The molecular weight excluding hydrogens is 199 g/mol. The van der Waals surface area contributed by atoms with Gasteiger partial charge in [-0.3, -0.25) is 4.79 Å². The van der Waals surface area contributed by atoms with Crippen molar-refractivity contribution in [1.29, 1.82) is 0 Å². The first-order valence-electron chi connectivity index (χ1n) is 4.39. The van der Waals surface area contributed by atoms with Crippen molar-refractivity contribution in [2.24, 2.45) is 0 Å². The Kier molecular flexibility index (Phi) is 2.37. The Morgan fingerprint density at radius 3 is 3.13 bits per heavy atom. The van der Waals surface area contributed by atoms with Crippen LogP contribution in [0.2, 0.25) is 0 Å². The van der Waals surface area contributed by atoms with E-state index < -0.39 is 5.82 Å². The van der Waals surface area contributed by atoms with Crippen molar-refractivity contribution in [2.45, 2.75) is 6.42 Å². The maximum atomic E-state index is 12.8. The van der Waals surface area contributed by atoms with E-state index in [0.29, 0.717) is 16.7 Å². The highest BCUT2D eigenvalue weighted by atomic mass is 19.1. The van der Waals surface area contributed by atoms with Gasteiger partial charge in [-0.1, -0.05) is 0 Å². The number of carbonyl (C=O) groups is 1. The van der Waals surface area contributed by atoms with Crippen molar-refractivity contribution >= 4 is 17.0 Å². The van der Waals surface area contributed by atoms with E-state index in [2.05, 4.69) is 14.7 Å². The van der Waals surface area contributed by atoms with E-state index in [1.54, 1.807) is 6.07 Å². The largest absolute Gasteiger partial charge is 0.469 e. The SMILES string of the molecule is COC(=O)Cc1cc2cc(F)cnc2[nH]1. The number of H-pyrrole nitrogens is 1. The molecule has 0 fully saturated rings. The summed E-state index contributed by atoms with van der Waals surface area (Å²) in [6.07, 6.45) is 1.26. The number of carbonyl (C=O) groups excluding carboxylic acids is 1. The Labute approximate surface area is 85.1 Å². The predicted molar refractivity (Wildman–Crippen MR) is 51.8 cm³/mol. The summed E-state index contributed by atoms with van der Waals surface area (Å²) in [5, 5.41) is 0.647. The van der Waals surface area contributed by atoms with Crippen LogP contribution < -0.4 is 0 Å². The number of methoxy groups -OCH3 is 1. The molecule has 0 unspecified atom stereocenters. The van der Waals surface area contributed by atoms with Crippen LogP contribution in [0.4, 0.5) is 4.39 Å². The van der Waals surface area contributed by atoms with Crippen molar-refractivity contribution in [3.63, 3.8) is 0 Å². The normalized spacial score (nSPS) is 10.5. The second kappa shape index (κ2) is 3.68. The molecule has 2 heterocycles. The second-order valence-corrected chi connectivity index (χ2v) is 3.14. The molecule has 2 rings (SSSR count). The zero-order valence-corrected chi connectivity index (χ0v) is 8.08. The fourth-order valence-electron chi connectivity index (χ4n) is 1.37. The van der Waals surface area contributed by atoms with Crippen molar-refractivity contribution < 1.29 is 13.9 Å². The molecule has 0 aliphatic rings. The van der Waals surface area contributed by atoms with Crippen molar-refractivity contribution in [3.8, 4) is 0 Å². The number of ether oxygens (including phenoxy) is 1. The molecule has 0 bridgehead atoms. The van der Waals surface area contributed by atoms with Gasteiger partial charge in [-0.25, -0.2) is 9.37 Å². The lowest BCUT2D eigenvalue weighted by molar-refractivity contribution is -0.139. The maximum absolute atomic E-state index is 12.8. The molecule has 2 aromatic heterocycles. The Hall–Kier alpha value is -1.91. The average Bonchev–Trinajstić information content (AvgIpc) is 2.59. The summed E-state index contributed by atoms with van der Waals surface area (Å²) in [4.78, 5) is 17.7. The van der Waals surface area contributed by atoms with Crippen LogP contribution in [0.25, 0.3) is 11.0 Å². The molecule has 0 atom stereocenters. The molecule has 5 heteroatoms. The van der Waals surface area contributed by atoms with Crippen molar-refractivity contribution in [1.82, 2.24) is 9.97 Å². The number of halogens is 1. The summed E-state index contributed by atoms with van der Waals surface area (Å²) >= 11 is 0. The van der Waals surface area contributed by atoms with Gasteiger partial charge in [-0.15, -0.1) is 0 Å². The van der Waals surface area contributed by atoms with Gasteiger partial charge in [0, 0.05) is 11.1 Å². The van der Waals surface area contributed by atoms with E-state index in [9.17, 15) is 9.18 Å². The molecule has 4 nitrogen and oxygen atoms in total. The molecule has 0 aliphatic heterocycles. The second-order valence-electron chi connectivity index (χ2n) is 3.14. The number of nitrogens with zero attached hydrogens (tertiary/aromatic N) is 1. The van der Waals surface area contributed by atoms with Gasteiger partial charge in [0.1, 0.15) is 11.5 Å². The first kappa shape index (κ1) is 9.64. The lowest BCUT2D eigenvalue weighted by Crippen LogP contribution is -2.04. The van der Waals surface area contributed by atoms with E-state index in [0.717, 1.165) is 6.20 Å². The lowest BCUT2D eigenvalue weighted by Gasteiger charge is -1.94. The highest BCUT2D eigenvalue weighted by molar-refractivity contribution is 5.79. The van der Waals surface area contributed by atoms with E-state index in [1.807, 2.05) is 0 Å². The third-order valence-electron chi connectivity index (χ3n) is 2.05. The summed E-state index contributed by atoms with van der Waals surface area (Å²) in [6.45, 7) is 0. The van der Waals surface area contributed by atoms with Gasteiger partial charge < -0.3 is 9.72 Å². The van der Waals surface area contributed by atoms with Crippen LogP contribution in [0, 0.1) is 5.82 Å². The number of esters is 1. The zero-order valence-electron chi connectivity index (χ0n) is 8.08. The average molecular weight is 208 g/mol. The maximum Gasteiger partial charge on any atom is 0.311 e. The van der Waals surface area contributed by atoms with Gasteiger partial charge in [0.15, 0.2) is 0 Å². The van der Waals surface area contributed by atoms with Crippen LogP contribution >= 0.6 is 0 Å². The van der Waals surface area contributed by atoms with Crippen LogP contribution in [-0.2, 0) is 16.0 Å². The molecule has 0 aliphatic carbocycles. The quantitative estimate of drug-likeness (QED) is 0.759. The smallest absolute Gasteiger partial charge is 0.311 e. The summed E-state index contributed by atoms with van der Waals surface area (Å²) in [5.41, 5.74) is 1.23. The van der Waals surface area contributed by atoms with Gasteiger partial charge in [0.05, 0.1) is 19.7 Å². The Morgan fingerprint density at radius 1 is 1.60 bits per heavy atom. The van der Waals surface area contributed by atoms with Crippen LogP contribution in [0.5, 0.6) is 0 Å². The Morgan fingerprint density at radius 2 is 2.40 bits per heavy atom. The summed E-state index contributed by atoms with van der Waals surface area (Å²) in [7, 11) is 1.32. The number of hydrogen-bond acceptors (Lipinski definition) is 3. The number of fused-ring (bicyclic) bond motifs is 1. The van der Waals surface area contributed by atoms with Gasteiger partial charge in [0.25, 0.3) is 0 Å². The third-order valence-corrected chi connectivity index (χ3v) is 2.05. The molecule has 78 valence electrons. The van der Waals surface area contributed by atoms with E-state index in [-0.39, 0.29) is 12.4 Å². The molecule has 0 aromatic carbocycles. The van der Waals surface area contributed by atoms with Crippen LogP contribution in [-0.4, -0.2) is 23.0 Å². The number of aromatic nitrogens is 2. The highest BCUT2D eigenvalue weighted by Gasteiger charge is 2.07. The minimum absolute atomic E-state index is 0.133. The van der Waals surface area contributed by atoms with E-state index >= 15 is 0 Å². The standard InChI is InChI=1S/C10H9FN2O2/c1-15-9(14)4-8-3-6-2-7(11)5-12-10(6)13-8/h2-3,5H,4H2,1H3,(H,12,13). The van der Waals surface area contributed by atoms with Gasteiger partial charge in [-0.05, 0) is 12.1 Å². The summed E-state index contributed by atoms with van der Waals surface area (Å²) in [5.74, 6) is -0.742. The van der Waals surface area contributed by atoms with Gasteiger partial charge >= 0.3 is 5.97 Å². The minimum atomic E-state index is -0.397. The molecule has 15 heavy (non-hydrogen) atoms. The monoisotopic (exact) mass is 208 g/mol. The van der Waals surface area contributed by atoms with E-state index in [4.69, 9.17) is 0 Å². The number of hydrogen-bond donors (Lipinski definition) is 1. The van der Waals surface area contributed by atoms with Crippen molar-refractivity contribution in [2.75, 3.05) is 7.11 Å². The van der Waals surface area contributed by atoms with Crippen molar-refractivity contribution in [3.05, 3.63) is 29.8 Å². The van der Waals surface area contributed by atoms with E-state index in [1.165, 1.54) is 13.2 Å². The summed E-state index contributed by atoms with van der Waals surface area (Å²) < 4.78 is 17.3. The molecule has 2 aromatic rings. The predicted octanol–water partition coefficient (Wildman–Crippen LogP) is 1.42. The molecule has 1 N–H and O–H groups in total. The van der Waals surface area contributed by atoms with Crippen LogP contribution in [0.3, 0.4) is 0 Å². The third kappa shape index (κ3) is 1.96. The number of nitrogens with one attached hydrogen (secondary N) is 1. The fourth-order valence-corrected chi connectivity index (χ4v) is 1.37. The zero-order chi connectivity index (χ0) is 10.8. The number of pyridine rings is 1. The summed E-state index contributed by atoms with van der Waals surface area (Å²) in [6, 6.07) is 3.04. The Balaban J connectivity index is 2.34. The molecular formula is C10H9FN2O2. The number of aromatic amines is 1. The highest BCUT2D eigenvalue weighted by Crippen LogP contribution is 2.14. The minimum Gasteiger partial charge on any atom is -0.469 e. The van der Waals surface area contributed by atoms with Gasteiger partial charge in [-0.2, -0.15) is 0 Å². The first-order chi connectivity index (χ1) is 7.19. The lowest BCUT2D eigenvalue weighted by atomic mass is 10.3. The van der Waals surface area contributed by atoms with Gasteiger partial charge in [0.2, 0.25) is 0 Å². The fraction of sp³-hybridized carbons (Fsp3) is 0.200. The van der Waals surface area contributed by atoms with Crippen LogP contribution in [0.15, 0.2) is 18.3 Å². The molecule has 0 saturated carbocycles. The number of rotatable bonds is 2. The molecule has 0 amide bonds. The Bertz CT molecular complexity index is 507. The van der Waals surface area contributed by atoms with Crippen LogP contribution in [0.1, 0.15) is 5.69 Å². The molecule has 0 spiro atoms. The first-order valence-corrected chi connectivity index (χ1v) is 4.39. The topological polar surface area (TPSA) is 55.0 Å². The molecule has 0 radical (unpaired) electrons. The molecule has 0 saturated heterocycles.